The summed E-state index contributed by atoms with van der Waals surface area (Å²) in [5.41, 5.74) is 2.65. The Labute approximate surface area is 180 Å². The van der Waals surface area contributed by atoms with Crippen molar-refractivity contribution in [3.05, 3.63) is 52.3 Å². The number of thiazole rings is 1. The summed E-state index contributed by atoms with van der Waals surface area (Å²) in [6.45, 7) is 1.81. The summed E-state index contributed by atoms with van der Waals surface area (Å²) in [6, 6.07) is 10.8. The first-order valence-electron chi connectivity index (χ1n) is 9.44. The topological polar surface area (TPSA) is 68.7 Å². The molecule has 0 saturated heterocycles. The number of hydrogen-bond donors (Lipinski definition) is 0. The summed E-state index contributed by atoms with van der Waals surface area (Å²) >= 11 is 3.21. The van der Waals surface area contributed by atoms with Crippen LogP contribution in [0.2, 0.25) is 0 Å². The molecule has 0 saturated carbocycles. The largest absolute Gasteiger partial charge is 0.483 e. The van der Waals surface area contributed by atoms with E-state index in [0.717, 1.165) is 36.6 Å². The van der Waals surface area contributed by atoms with Gasteiger partial charge in [-0.05, 0) is 30.0 Å². The summed E-state index contributed by atoms with van der Waals surface area (Å²) in [7, 11) is 1.34. The van der Waals surface area contributed by atoms with E-state index in [9.17, 15) is 9.59 Å². The number of amides is 1. The second-order valence-electron chi connectivity index (χ2n) is 7.04. The number of carbonyl (C=O) groups is 2. The van der Waals surface area contributed by atoms with Crippen molar-refractivity contribution in [3.63, 3.8) is 0 Å². The third-order valence-electron chi connectivity index (χ3n) is 5.24. The van der Waals surface area contributed by atoms with Crippen LogP contribution in [0.25, 0.3) is 20.3 Å². The standard InChI is InChI=1S/C22H18N2O4S2/c1-12-23-20-18(30-12)10-17(14-7-8-29-21(14)20)28-11-19(25)24-15-6-4-3-5-13(15)9-16(24)22(26)27-2/h3-8,10,16H,9,11H2,1-2H3. The smallest absolute Gasteiger partial charge is 0.329 e. The van der Waals surface area contributed by atoms with Crippen molar-refractivity contribution >= 4 is 60.5 Å². The van der Waals surface area contributed by atoms with E-state index in [1.165, 1.54) is 12.0 Å². The van der Waals surface area contributed by atoms with Gasteiger partial charge in [-0.3, -0.25) is 9.69 Å². The fourth-order valence-corrected chi connectivity index (χ4v) is 5.77. The molecule has 0 aliphatic carbocycles. The van der Waals surface area contributed by atoms with Gasteiger partial charge in [-0.15, -0.1) is 22.7 Å². The van der Waals surface area contributed by atoms with Crippen molar-refractivity contribution in [2.75, 3.05) is 18.6 Å². The first kappa shape index (κ1) is 19.0. The lowest BCUT2D eigenvalue weighted by atomic mass is 10.1. The van der Waals surface area contributed by atoms with Gasteiger partial charge in [0.25, 0.3) is 5.91 Å². The van der Waals surface area contributed by atoms with Crippen LogP contribution < -0.4 is 9.64 Å². The quantitative estimate of drug-likeness (QED) is 0.444. The molecule has 0 N–H and O–H groups in total. The number of benzene rings is 2. The van der Waals surface area contributed by atoms with E-state index >= 15 is 0 Å². The van der Waals surface area contributed by atoms with Crippen molar-refractivity contribution in [3.8, 4) is 5.75 Å². The molecule has 8 heteroatoms. The zero-order chi connectivity index (χ0) is 20.8. The van der Waals surface area contributed by atoms with Gasteiger partial charge < -0.3 is 9.47 Å². The molecule has 30 heavy (non-hydrogen) atoms. The van der Waals surface area contributed by atoms with E-state index in [1.54, 1.807) is 22.7 Å². The highest BCUT2D eigenvalue weighted by molar-refractivity contribution is 7.21. The van der Waals surface area contributed by atoms with Crippen LogP contribution in [-0.2, 0) is 20.7 Å². The third kappa shape index (κ3) is 3.03. The first-order chi connectivity index (χ1) is 14.6. The minimum atomic E-state index is -0.670. The zero-order valence-electron chi connectivity index (χ0n) is 16.4. The monoisotopic (exact) mass is 438 g/mol. The van der Waals surface area contributed by atoms with E-state index in [-0.39, 0.29) is 12.5 Å². The summed E-state index contributed by atoms with van der Waals surface area (Å²) in [6.07, 6.45) is 0.440. The average Bonchev–Trinajstić information content (AvgIpc) is 3.46. The van der Waals surface area contributed by atoms with Gasteiger partial charge in [-0.2, -0.15) is 0 Å². The normalized spacial score (nSPS) is 15.5. The SMILES string of the molecule is COC(=O)C1Cc2ccccc2N1C(=O)COc1cc2sc(C)nc2c2sccc12. The maximum absolute atomic E-state index is 13.1. The Hall–Kier alpha value is -2.97. The Balaban J connectivity index is 1.45. The Morgan fingerprint density at radius 3 is 2.93 bits per heavy atom. The van der Waals surface area contributed by atoms with Crippen molar-refractivity contribution in [1.82, 2.24) is 4.98 Å². The first-order valence-corrected chi connectivity index (χ1v) is 11.1. The highest BCUT2D eigenvalue weighted by Gasteiger charge is 2.39. The molecular formula is C22H18N2O4S2. The molecule has 4 aromatic rings. The fourth-order valence-electron chi connectivity index (χ4n) is 3.93. The van der Waals surface area contributed by atoms with Crippen LogP contribution in [0.5, 0.6) is 5.75 Å². The van der Waals surface area contributed by atoms with E-state index in [1.807, 2.05) is 48.7 Å². The van der Waals surface area contributed by atoms with Gasteiger partial charge in [-0.25, -0.2) is 9.78 Å². The summed E-state index contributed by atoms with van der Waals surface area (Å²) in [5, 5.41) is 3.93. The number of nitrogens with zero attached hydrogens (tertiary/aromatic N) is 2. The van der Waals surface area contributed by atoms with Crippen LogP contribution in [-0.4, -0.2) is 36.6 Å². The van der Waals surface area contributed by atoms with Crippen LogP contribution in [0.1, 0.15) is 10.6 Å². The molecule has 152 valence electrons. The van der Waals surface area contributed by atoms with Crippen LogP contribution in [0.3, 0.4) is 0 Å². The van der Waals surface area contributed by atoms with Gasteiger partial charge in [0, 0.05) is 23.6 Å². The summed E-state index contributed by atoms with van der Waals surface area (Å²) < 4.78 is 13.0. The number of rotatable bonds is 4. The number of aryl methyl sites for hydroxylation is 1. The predicted molar refractivity (Wildman–Crippen MR) is 119 cm³/mol. The van der Waals surface area contributed by atoms with Crippen LogP contribution in [0.4, 0.5) is 5.69 Å². The van der Waals surface area contributed by atoms with E-state index < -0.39 is 12.0 Å². The van der Waals surface area contributed by atoms with Crippen molar-refractivity contribution < 1.29 is 19.1 Å². The number of fused-ring (bicyclic) bond motifs is 4. The van der Waals surface area contributed by atoms with Gasteiger partial charge in [0.1, 0.15) is 11.8 Å². The van der Waals surface area contributed by atoms with E-state index in [2.05, 4.69) is 4.98 Å². The van der Waals surface area contributed by atoms with Crippen LogP contribution in [0.15, 0.2) is 41.8 Å². The van der Waals surface area contributed by atoms with E-state index in [0.29, 0.717) is 12.2 Å². The zero-order valence-corrected chi connectivity index (χ0v) is 18.0. The lowest BCUT2D eigenvalue weighted by Gasteiger charge is -2.23. The minimum absolute atomic E-state index is 0.171. The highest BCUT2D eigenvalue weighted by Crippen LogP contribution is 2.39. The van der Waals surface area contributed by atoms with Gasteiger partial charge in [0.2, 0.25) is 0 Å². The van der Waals surface area contributed by atoms with Gasteiger partial charge >= 0.3 is 5.97 Å². The van der Waals surface area contributed by atoms with Gasteiger partial charge in [0.15, 0.2) is 6.61 Å². The van der Waals surface area contributed by atoms with Crippen LogP contribution in [0, 0.1) is 6.92 Å². The molecule has 1 aliphatic heterocycles. The number of para-hydroxylation sites is 1. The number of hydrogen-bond acceptors (Lipinski definition) is 7. The number of carbonyl (C=O) groups excluding carboxylic acids is 2. The Morgan fingerprint density at radius 1 is 1.27 bits per heavy atom. The Bertz CT molecular complexity index is 1290. The van der Waals surface area contributed by atoms with Crippen molar-refractivity contribution in [2.45, 2.75) is 19.4 Å². The van der Waals surface area contributed by atoms with E-state index in [4.69, 9.17) is 9.47 Å². The Morgan fingerprint density at radius 2 is 2.10 bits per heavy atom. The van der Waals surface area contributed by atoms with Gasteiger partial charge in [0.05, 0.1) is 27.0 Å². The predicted octanol–water partition coefficient (Wildman–Crippen LogP) is 4.33. The lowest BCUT2D eigenvalue weighted by molar-refractivity contribution is -0.143. The molecule has 0 fully saturated rings. The third-order valence-corrected chi connectivity index (χ3v) is 7.08. The number of aromatic nitrogens is 1. The van der Waals surface area contributed by atoms with Crippen LogP contribution >= 0.6 is 22.7 Å². The molecule has 0 spiro atoms. The number of methoxy groups -OCH3 is 1. The minimum Gasteiger partial charge on any atom is -0.483 e. The maximum atomic E-state index is 13.1. The molecule has 0 bridgehead atoms. The molecule has 0 radical (unpaired) electrons. The maximum Gasteiger partial charge on any atom is 0.329 e. The Kier molecular flexibility index (Phi) is 4.67. The summed E-state index contributed by atoms with van der Waals surface area (Å²) in [5.74, 6) is -0.0570. The molecule has 2 aromatic heterocycles. The number of ether oxygens (including phenoxy) is 2. The molecule has 1 unspecified atom stereocenters. The van der Waals surface area contributed by atoms with Crippen molar-refractivity contribution in [1.29, 1.82) is 0 Å². The highest BCUT2D eigenvalue weighted by atomic mass is 32.1. The van der Waals surface area contributed by atoms with Crippen molar-refractivity contribution in [2.24, 2.45) is 0 Å². The van der Waals surface area contributed by atoms with Gasteiger partial charge in [-0.1, -0.05) is 18.2 Å². The second kappa shape index (κ2) is 7.37. The number of thiophene rings is 1. The molecule has 1 atom stereocenters. The fraction of sp³-hybridized carbons (Fsp3) is 0.227. The molecule has 1 aliphatic rings. The number of anilines is 1. The summed E-state index contributed by atoms with van der Waals surface area (Å²) in [4.78, 5) is 31.6. The number of esters is 1. The molecule has 3 heterocycles. The molecule has 1 amide bonds. The molecule has 5 rings (SSSR count). The second-order valence-corrected chi connectivity index (χ2v) is 9.19. The molecule has 6 nitrogen and oxygen atoms in total. The lowest BCUT2D eigenvalue weighted by Crippen LogP contribution is -2.45. The molecule has 2 aromatic carbocycles. The average molecular weight is 439 g/mol. The molecular weight excluding hydrogens is 420 g/mol.